The Morgan fingerprint density at radius 3 is 2.48 bits per heavy atom. The maximum Gasteiger partial charge on any atom is 0.271 e. The predicted octanol–water partition coefficient (Wildman–Crippen LogP) is 2.78. The summed E-state index contributed by atoms with van der Waals surface area (Å²) in [5.41, 5.74) is -0.0507. The Bertz CT molecular complexity index is 995. The number of rotatable bonds is 9. The number of sulfonamides is 1. The lowest BCUT2D eigenvalue weighted by Crippen LogP contribution is -2.28. The number of methoxy groups -OCH3 is 1. The van der Waals surface area contributed by atoms with Crippen LogP contribution < -0.4 is 10.1 Å². The first-order valence-electron chi connectivity index (χ1n) is 8.49. The van der Waals surface area contributed by atoms with Gasteiger partial charge in [0.05, 0.1) is 22.6 Å². The highest BCUT2D eigenvalue weighted by Crippen LogP contribution is 2.29. The summed E-state index contributed by atoms with van der Waals surface area (Å²) in [6, 6.07) is 8.26. The maximum atomic E-state index is 13.0. The van der Waals surface area contributed by atoms with E-state index in [-0.39, 0.29) is 41.4 Å². The van der Waals surface area contributed by atoms with Crippen LogP contribution in [0.2, 0.25) is 0 Å². The Labute approximate surface area is 167 Å². The lowest BCUT2D eigenvalue weighted by molar-refractivity contribution is -0.384. The van der Waals surface area contributed by atoms with Crippen LogP contribution in [-0.2, 0) is 14.8 Å². The monoisotopic (exact) mass is 425 g/mol. The van der Waals surface area contributed by atoms with Crippen molar-refractivity contribution in [1.29, 1.82) is 0 Å². The summed E-state index contributed by atoms with van der Waals surface area (Å²) in [6.07, 6.45) is 0.190. The van der Waals surface area contributed by atoms with Crippen LogP contribution in [-0.4, -0.2) is 44.3 Å². The molecule has 0 saturated heterocycles. The van der Waals surface area contributed by atoms with Gasteiger partial charge < -0.3 is 10.1 Å². The molecule has 0 spiro atoms. The van der Waals surface area contributed by atoms with E-state index in [0.29, 0.717) is 0 Å². The van der Waals surface area contributed by atoms with E-state index in [0.717, 1.165) is 16.4 Å². The van der Waals surface area contributed by atoms with Gasteiger partial charge in [-0.15, -0.1) is 0 Å². The number of carbonyl (C=O) groups excluding carboxylic acids is 1. The van der Waals surface area contributed by atoms with Crippen molar-refractivity contribution in [3.8, 4) is 5.75 Å². The molecule has 0 aromatic heterocycles. The van der Waals surface area contributed by atoms with E-state index in [4.69, 9.17) is 4.74 Å². The van der Waals surface area contributed by atoms with E-state index in [1.165, 1.54) is 44.5 Å². The van der Waals surface area contributed by atoms with Crippen molar-refractivity contribution in [1.82, 2.24) is 4.31 Å². The summed E-state index contributed by atoms with van der Waals surface area (Å²) in [6.45, 7) is 0.0548. The number of nitro groups is 1. The molecule has 2 rings (SSSR count). The van der Waals surface area contributed by atoms with Crippen LogP contribution >= 0.6 is 0 Å². The van der Waals surface area contributed by atoms with E-state index >= 15 is 0 Å². The van der Waals surface area contributed by atoms with E-state index in [1.807, 2.05) is 0 Å². The van der Waals surface area contributed by atoms with Gasteiger partial charge in [0.1, 0.15) is 11.6 Å². The molecular formula is C18H20FN3O6S. The smallest absolute Gasteiger partial charge is 0.271 e. The van der Waals surface area contributed by atoms with Crippen molar-refractivity contribution in [2.75, 3.05) is 26.0 Å². The molecule has 0 unspecified atom stereocenters. The largest absolute Gasteiger partial charge is 0.495 e. The summed E-state index contributed by atoms with van der Waals surface area (Å²) >= 11 is 0. The maximum absolute atomic E-state index is 13.0. The minimum Gasteiger partial charge on any atom is -0.495 e. The summed E-state index contributed by atoms with van der Waals surface area (Å²) in [5.74, 6) is -0.726. The first-order valence-corrected chi connectivity index (χ1v) is 9.93. The summed E-state index contributed by atoms with van der Waals surface area (Å²) in [4.78, 5) is 22.4. The van der Waals surface area contributed by atoms with Gasteiger partial charge in [-0.05, 0) is 36.8 Å². The number of nitro benzene ring substituents is 1. The molecule has 2 aromatic carbocycles. The van der Waals surface area contributed by atoms with E-state index in [9.17, 15) is 27.7 Å². The average molecular weight is 425 g/mol. The summed E-state index contributed by atoms with van der Waals surface area (Å²) in [5, 5.41) is 13.4. The second-order valence-corrected chi connectivity index (χ2v) is 8.12. The number of non-ortho nitro benzene ring substituents is 1. The van der Waals surface area contributed by atoms with Gasteiger partial charge in [0.25, 0.3) is 5.69 Å². The van der Waals surface area contributed by atoms with Gasteiger partial charge in [-0.3, -0.25) is 14.9 Å². The number of benzene rings is 2. The average Bonchev–Trinajstić information content (AvgIpc) is 2.68. The first kappa shape index (κ1) is 22.2. The highest BCUT2D eigenvalue weighted by molar-refractivity contribution is 7.89. The molecule has 0 aliphatic heterocycles. The van der Waals surface area contributed by atoms with E-state index in [1.54, 1.807) is 0 Å². The number of halogens is 1. The van der Waals surface area contributed by atoms with Gasteiger partial charge >= 0.3 is 0 Å². The number of anilines is 1. The van der Waals surface area contributed by atoms with Crippen LogP contribution in [0.25, 0.3) is 0 Å². The minimum absolute atomic E-state index is 0.0187. The van der Waals surface area contributed by atoms with Crippen molar-refractivity contribution in [3.05, 3.63) is 58.4 Å². The van der Waals surface area contributed by atoms with Crippen molar-refractivity contribution in [2.45, 2.75) is 17.7 Å². The van der Waals surface area contributed by atoms with Gasteiger partial charge in [0, 0.05) is 32.1 Å². The van der Waals surface area contributed by atoms with Gasteiger partial charge in [-0.2, -0.15) is 0 Å². The standard InChI is InChI=1S/C18H20FN3O6S/c1-21(29(26,27)15-8-5-13(19)6-9-15)11-3-4-18(23)20-16-12-14(22(24)25)7-10-17(16)28-2/h5-10,12H,3-4,11H2,1-2H3,(H,20,23). The third-order valence-corrected chi connectivity index (χ3v) is 5.94. The quantitative estimate of drug-likeness (QED) is 0.487. The summed E-state index contributed by atoms with van der Waals surface area (Å²) in [7, 11) is -1.07. The molecule has 0 atom stereocenters. The Morgan fingerprint density at radius 2 is 1.90 bits per heavy atom. The van der Waals surface area contributed by atoms with Gasteiger partial charge in [-0.1, -0.05) is 0 Å². The third kappa shape index (κ3) is 5.72. The van der Waals surface area contributed by atoms with Crippen LogP contribution in [0, 0.1) is 15.9 Å². The van der Waals surface area contributed by atoms with Gasteiger partial charge in [0.2, 0.25) is 15.9 Å². The molecule has 0 radical (unpaired) electrons. The Balaban J connectivity index is 1.95. The highest BCUT2D eigenvalue weighted by atomic mass is 32.2. The molecule has 0 aliphatic carbocycles. The van der Waals surface area contributed by atoms with Crippen molar-refractivity contribution >= 4 is 27.3 Å². The zero-order valence-electron chi connectivity index (χ0n) is 15.8. The molecule has 156 valence electrons. The van der Waals surface area contributed by atoms with Gasteiger partial charge in [-0.25, -0.2) is 17.1 Å². The molecule has 1 N–H and O–H groups in total. The lowest BCUT2D eigenvalue weighted by atomic mass is 10.2. The van der Waals surface area contributed by atoms with Crippen LogP contribution in [0.5, 0.6) is 5.75 Å². The minimum atomic E-state index is -3.80. The predicted molar refractivity (Wildman–Crippen MR) is 104 cm³/mol. The Morgan fingerprint density at radius 1 is 1.24 bits per heavy atom. The molecule has 0 saturated carbocycles. The number of amides is 1. The number of hydrogen-bond acceptors (Lipinski definition) is 6. The highest BCUT2D eigenvalue weighted by Gasteiger charge is 2.21. The third-order valence-electron chi connectivity index (χ3n) is 4.07. The fraction of sp³-hybridized carbons (Fsp3) is 0.278. The molecule has 9 nitrogen and oxygen atoms in total. The second kappa shape index (κ2) is 9.43. The molecule has 29 heavy (non-hydrogen) atoms. The number of nitrogens with one attached hydrogen (secondary N) is 1. The zero-order valence-corrected chi connectivity index (χ0v) is 16.6. The van der Waals surface area contributed by atoms with E-state index < -0.39 is 26.7 Å². The number of nitrogens with zero attached hydrogens (tertiary/aromatic N) is 2. The number of carbonyl (C=O) groups is 1. The molecule has 0 aliphatic rings. The van der Waals surface area contributed by atoms with Crippen LogP contribution in [0.1, 0.15) is 12.8 Å². The van der Waals surface area contributed by atoms with Crippen molar-refractivity contribution in [3.63, 3.8) is 0 Å². The normalized spacial score (nSPS) is 11.3. The van der Waals surface area contributed by atoms with Crippen molar-refractivity contribution < 1.29 is 27.3 Å². The molecule has 0 fully saturated rings. The zero-order chi connectivity index (χ0) is 21.6. The Hall–Kier alpha value is -3.05. The van der Waals surface area contributed by atoms with Crippen LogP contribution in [0.4, 0.5) is 15.8 Å². The molecular weight excluding hydrogens is 405 g/mol. The molecule has 1 amide bonds. The van der Waals surface area contributed by atoms with Crippen LogP contribution in [0.15, 0.2) is 47.4 Å². The fourth-order valence-corrected chi connectivity index (χ4v) is 3.70. The molecule has 2 aromatic rings. The Kier molecular flexibility index (Phi) is 7.23. The van der Waals surface area contributed by atoms with Crippen molar-refractivity contribution in [2.24, 2.45) is 0 Å². The second-order valence-electron chi connectivity index (χ2n) is 6.07. The lowest BCUT2D eigenvalue weighted by Gasteiger charge is -2.17. The summed E-state index contributed by atoms with van der Waals surface area (Å²) < 4.78 is 44.0. The number of ether oxygens (including phenoxy) is 1. The molecule has 0 bridgehead atoms. The molecule has 11 heteroatoms. The van der Waals surface area contributed by atoms with E-state index in [2.05, 4.69) is 5.32 Å². The fourth-order valence-electron chi connectivity index (χ4n) is 2.49. The number of hydrogen-bond donors (Lipinski definition) is 1. The topological polar surface area (TPSA) is 119 Å². The SMILES string of the molecule is COc1ccc([N+](=O)[O-])cc1NC(=O)CCCN(C)S(=O)(=O)c1ccc(F)cc1. The van der Waals surface area contributed by atoms with Gasteiger partial charge in [0.15, 0.2) is 0 Å². The van der Waals surface area contributed by atoms with Crippen LogP contribution in [0.3, 0.4) is 0 Å². The first-order chi connectivity index (χ1) is 13.6. The molecule has 0 heterocycles.